The summed E-state index contributed by atoms with van der Waals surface area (Å²) < 4.78 is 10.9. The highest BCUT2D eigenvalue weighted by Crippen LogP contribution is 2.32. The van der Waals surface area contributed by atoms with Gasteiger partial charge in [0.25, 0.3) is 0 Å². The summed E-state index contributed by atoms with van der Waals surface area (Å²) in [6, 6.07) is 10.5. The maximum atomic E-state index is 12.7. The summed E-state index contributed by atoms with van der Waals surface area (Å²) >= 11 is 0. The fourth-order valence-corrected chi connectivity index (χ4v) is 4.34. The zero-order chi connectivity index (χ0) is 33.2. The average molecular weight is 619 g/mol. The zero-order valence-electron chi connectivity index (χ0n) is 24.5. The van der Waals surface area contributed by atoms with Crippen LogP contribution >= 0.6 is 0 Å². The van der Waals surface area contributed by atoms with Crippen LogP contribution in [0, 0.1) is 5.92 Å². The number of carboxylic acids is 3. The van der Waals surface area contributed by atoms with Crippen LogP contribution in [-0.2, 0) is 37.1 Å². The number of amides is 4. The third kappa shape index (κ3) is 8.95. The topological polar surface area (TPSA) is 224 Å². The molecule has 1 saturated heterocycles. The molecular weight excluding hydrogens is 584 g/mol. The quantitative estimate of drug-likeness (QED) is 0.225. The van der Waals surface area contributed by atoms with Gasteiger partial charge in [0, 0.05) is 45.5 Å². The highest BCUT2D eigenvalue weighted by molar-refractivity contribution is 6.15. The predicted octanol–water partition coefficient (Wildman–Crippen LogP) is 0.519. The van der Waals surface area contributed by atoms with Crippen molar-refractivity contribution in [3.8, 4) is 11.5 Å². The van der Waals surface area contributed by atoms with E-state index < -0.39 is 60.1 Å². The maximum Gasteiger partial charge on any atom is 0.336 e. The minimum absolute atomic E-state index is 0.122. The second-order valence-corrected chi connectivity index (χ2v) is 9.75. The van der Waals surface area contributed by atoms with Crippen molar-refractivity contribution in [2.75, 3.05) is 34.9 Å². The zero-order valence-corrected chi connectivity index (χ0v) is 24.5. The van der Waals surface area contributed by atoms with Crippen molar-refractivity contribution in [2.24, 2.45) is 5.92 Å². The van der Waals surface area contributed by atoms with Crippen molar-refractivity contribution in [3.05, 3.63) is 53.9 Å². The molecule has 0 unspecified atom stereocenters. The Kier molecular flexibility index (Phi) is 12.3. The number of urea groups is 1. The van der Waals surface area contributed by atoms with Crippen LogP contribution in [0.2, 0.25) is 0 Å². The standard InChI is InChI=1S/C22H26N4O5.C6H8O7/c1-24-20(27)17(21(28)25(2)22(24)29)14-26(13-16-9-5-6-11-23-16)12-15-8-7-10-18(30-3)19(15)31-4;7-3(8)1-6(13,5(11)12)2-4(9)10/h5-11,17H,12-14H2,1-4H3;13H,1-2H2,(H,7,8)(H,9,10)(H,11,12). The van der Waals surface area contributed by atoms with E-state index in [9.17, 15) is 28.8 Å². The summed E-state index contributed by atoms with van der Waals surface area (Å²) in [6.45, 7) is 0.908. The number of benzene rings is 1. The summed E-state index contributed by atoms with van der Waals surface area (Å²) in [4.78, 5) is 76.3. The number of aromatic nitrogens is 1. The molecule has 0 saturated carbocycles. The molecule has 1 fully saturated rings. The van der Waals surface area contributed by atoms with Gasteiger partial charge in [0.2, 0.25) is 11.8 Å². The van der Waals surface area contributed by atoms with Gasteiger partial charge in [0.15, 0.2) is 17.1 Å². The van der Waals surface area contributed by atoms with E-state index in [1.165, 1.54) is 14.1 Å². The van der Waals surface area contributed by atoms with E-state index in [-0.39, 0.29) is 6.54 Å². The molecule has 238 valence electrons. The van der Waals surface area contributed by atoms with Crippen LogP contribution in [0.3, 0.4) is 0 Å². The number of carbonyl (C=O) groups excluding carboxylic acids is 3. The molecule has 0 bridgehead atoms. The number of ether oxygens (including phenoxy) is 2. The molecule has 4 amide bonds. The number of aliphatic carboxylic acids is 3. The molecular formula is C28H34N4O12. The van der Waals surface area contributed by atoms with Gasteiger partial charge in [-0.05, 0) is 18.2 Å². The molecule has 2 aromatic rings. The highest BCUT2D eigenvalue weighted by atomic mass is 16.5. The highest BCUT2D eigenvalue weighted by Gasteiger charge is 2.43. The van der Waals surface area contributed by atoms with Gasteiger partial charge in [-0.1, -0.05) is 18.2 Å². The van der Waals surface area contributed by atoms with Crippen LogP contribution in [0.5, 0.6) is 11.5 Å². The lowest BCUT2D eigenvalue weighted by Gasteiger charge is -2.35. The lowest BCUT2D eigenvalue weighted by molar-refractivity contribution is -0.170. The Hall–Kier alpha value is -5.09. The number of carboxylic acid groups (broad SMARTS) is 3. The number of imide groups is 2. The Morgan fingerprint density at radius 3 is 1.93 bits per heavy atom. The number of aliphatic hydroxyl groups is 1. The van der Waals surface area contributed by atoms with Crippen LogP contribution in [0.25, 0.3) is 0 Å². The molecule has 16 heteroatoms. The second-order valence-electron chi connectivity index (χ2n) is 9.75. The molecule has 2 heterocycles. The van der Waals surface area contributed by atoms with E-state index in [0.29, 0.717) is 24.6 Å². The van der Waals surface area contributed by atoms with Gasteiger partial charge < -0.3 is 29.9 Å². The summed E-state index contributed by atoms with van der Waals surface area (Å²) in [6.07, 6.45) is -0.597. The lowest BCUT2D eigenvalue weighted by Crippen LogP contribution is -2.59. The van der Waals surface area contributed by atoms with Gasteiger partial charge in [-0.2, -0.15) is 0 Å². The Morgan fingerprint density at radius 1 is 0.886 bits per heavy atom. The smallest absolute Gasteiger partial charge is 0.336 e. The predicted molar refractivity (Wildman–Crippen MR) is 149 cm³/mol. The van der Waals surface area contributed by atoms with Crippen molar-refractivity contribution >= 4 is 35.8 Å². The largest absolute Gasteiger partial charge is 0.493 e. The summed E-state index contributed by atoms with van der Waals surface area (Å²) in [5.74, 6) is -5.87. The van der Waals surface area contributed by atoms with Crippen molar-refractivity contribution in [1.82, 2.24) is 19.7 Å². The Balaban J connectivity index is 0.000000439. The van der Waals surface area contributed by atoms with E-state index in [1.54, 1.807) is 26.5 Å². The molecule has 0 aliphatic carbocycles. The molecule has 4 N–H and O–H groups in total. The fraction of sp³-hybridized carbons (Fsp3) is 0.393. The first-order valence-corrected chi connectivity index (χ1v) is 13.0. The van der Waals surface area contributed by atoms with E-state index >= 15 is 0 Å². The first-order valence-electron chi connectivity index (χ1n) is 13.0. The molecule has 44 heavy (non-hydrogen) atoms. The van der Waals surface area contributed by atoms with Crippen LogP contribution in [-0.4, -0.2) is 116 Å². The minimum Gasteiger partial charge on any atom is -0.493 e. The SMILES string of the molecule is COc1cccc(CN(Cc2ccccn2)CC2C(=O)N(C)C(=O)N(C)C2=O)c1OC.O=C(O)CC(O)(CC(=O)O)C(=O)O. The lowest BCUT2D eigenvalue weighted by atomic mass is 9.96. The molecule has 0 spiro atoms. The van der Waals surface area contributed by atoms with Gasteiger partial charge in [-0.15, -0.1) is 0 Å². The molecule has 16 nitrogen and oxygen atoms in total. The number of para-hydroxylation sites is 1. The van der Waals surface area contributed by atoms with Crippen LogP contribution in [0.1, 0.15) is 24.1 Å². The maximum absolute atomic E-state index is 12.7. The first kappa shape index (κ1) is 35.1. The Bertz CT molecular complexity index is 1340. The van der Waals surface area contributed by atoms with E-state index in [4.69, 9.17) is 29.9 Å². The summed E-state index contributed by atoms with van der Waals surface area (Å²) in [5, 5.41) is 33.8. The van der Waals surface area contributed by atoms with Crippen molar-refractivity contribution in [2.45, 2.75) is 31.5 Å². The molecule has 0 radical (unpaired) electrons. The normalized spacial score (nSPS) is 13.8. The summed E-state index contributed by atoms with van der Waals surface area (Å²) in [7, 11) is 5.90. The number of hydrogen-bond acceptors (Lipinski definition) is 11. The number of hydrogen-bond donors (Lipinski definition) is 4. The Labute approximate surface area is 252 Å². The van der Waals surface area contributed by atoms with E-state index in [2.05, 4.69) is 4.98 Å². The number of rotatable bonds is 13. The number of nitrogens with zero attached hydrogens (tertiary/aromatic N) is 4. The van der Waals surface area contributed by atoms with Crippen LogP contribution in [0.4, 0.5) is 4.79 Å². The van der Waals surface area contributed by atoms with Gasteiger partial charge in [0.05, 0.1) is 32.8 Å². The monoisotopic (exact) mass is 618 g/mol. The van der Waals surface area contributed by atoms with Gasteiger partial charge in [-0.3, -0.25) is 38.9 Å². The number of barbiturate groups is 1. The molecule has 3 rings (SSSR count). The molecule has 1 aromatic heterocycles. The van der Waals surface area contributed by atoms with Crippen LogP contribution in [0.15, 0.2) is 42.6 Å². The minimum atomic E-state index is -2.74. The van der Waals surface area contributed by atoms with E-state index in [1.807, 2.05) is 35.2 Å². The third-order valence-corrected chi connectivity index (χ3v) is 6.55. The molecule has 1 aromatic carbocycles. The van der Waals surface area contributed by atoms with Crippen molar-refractivity contribution < 1.29 is 58.7 Å². The number of pyridine rings is 1. The molecule has 0 atom stereocenters. The fourth-order valence-electron chi connectivity index (χ4n) is 4.34. The third-order valence-electron chi connectivity index (χ3n) is 6.55. The summed E-state index contributed by atoms with van der Waals surface area (Å²) in [5.41, 5.74) is -1.11. The Morgan fingerprint density at radius 2 is 1.48 bits per heavy atom. The first-order chi connectivity index (χ1) is 20.6. The van der Waals surface area contributed by atoms with E-state index in [0.717, 1.165) is 21.1 Å². The molecule has 1 aliphatic heterocycles. The van der Waals surface area contributed by atoms with Gasteiger partial charge >= 0.3 is 23.9 Å². The van der Waals surface area contributed by atoms with Gasteiger partial charge in [-0.25, -0.2) is 9.59 Å². The van der Waals surface area contributed by atoms with Crippen molar-refractivity contribution in [1.29, 1.82) is 0 Å². The molecule has 1 aliphatic rings. The van der Waals surface area contributed by atoms with Crippen molar-refractivity contribution in [3.63, 3.8) is 0 Å². The second kappa shape index (κ2) is 15.4. The van der Waals surface area contributed by atoms with Crippen LogP contribution < -0.4 is 9.47 Å². The number of methoxy groups -OCH3 is 2. The van der Waals surface area contributed by atoms with Gasteiger partial charge in [0.1, 0.15) is 5.92 Å². The number of carbonyl (C=O) groups is 6. The average Bonchev–Trinajstić information content (AvgIpc) is 2.97.